The van der Waals surface area contributed by atoms with E-state index in [1.807, 2.05) is 10.8 Å². The summed E-state index contributed by atoms with van der Waals surface area (Å²) in [5, 5.41) is 27.2. The van der Waals surface area contributed by atoms with Crippen LogP contribution in [0.2, 0.25) is 0 Å². The molecule has 0 aromatic rings. The first-order chi connectivity index (χ1) is 5.15. The van der Waals surface area contributed by atoms with Crippen molar-refractivity contribution in [2.75, 3.05) is 5.08 Å². The van der Waals surface area contributed by atoms with Gasteiger partial charge in [0.2, 0.25) is 0 Å². The third kappa shape index (κ3) is 49.7. The van der Waals surface area contributed by atoms with Crippen LogP contribution in [-0.2, 0) is 0 Å². The minimum absolute atomic E-state index is 0.549. The summed E-state index contributed by atoms with van der Waals surface area (Å²) in [5.74, 6) is 0. The lowest BCUT2D eigenvalue weighted by atomic mass is 11.3. The molecule has 0 aliphatic carbocycles. The number of carboxylic acid groups (broad SMARTS) is 1. The van der Waals surface area contributed by atoms with Crippen molar-refractivity contribution in [3.05, 3.63) is 0 Å². The maximum Gasteiger partial charge on any atom is 0.402 e. The number of rotatable bonds is 2. The first-order valence-electron chi connectivity index (χ1n) is 2.15. The van der Waals surface area contributed by atoms with Crippen LogP contribution in [0.15, 0.2) is 0 Å². The number of carbonyl (C=O) groups is 1. The summed E-state index contributed by atoms with van der Waals surface area (Å²) < 4.78 is 0. The summed E-state index contributed by atoms with van der Waals surface area (Å²) in [4.78, 5) is 8.78. The van der Waals surface area contributed by atoms with Gasteiger partial charge in [-0.1, -0.05) is 0 Å². The highest BCUT2D eigenvalue weighted by molar-refractivity contribution is 8.20. The average molecular weight is 191 g/mol. The zero-order valence-corrected chi connectivity index (χ0v) is 6.98. The summed E-state index contributed by atoms with van der Waals surface area (Å²) in [7, 11) is 0. The summed E-state index contributed by atoms with van der Waals surface area (Å²) >= 11 is 2.16. The molecule has 60 valence electrons. The smallest absolute Gasteiger partial charge is 0.402 e. The van der Waals surface area contributed by atoms with E-state index in [2.05, 4.69) is 5.73 Å². The number of amides is 1. The molecule has 0 atom stereocenters. The Morgan fingerprint density at radius 1 is 1.45 bits per heavy atom. The SMILES string of the molecule is N#CSCSC#N.NC(=O)O. The van der Waals surface area contributed by atoms with E-state index in [0.717, 1.165) is 23.5 Å². The van der Waals surface area contributed by atoms with E-state index in [9.17, 15) is 0 Å². The van der Waals surface area contributed by atoms with Gasteiger partial charge in [0, 0.05) is 0 Å². The third-order valence-corrected chi connectivity index (χ3v) is 1.45. The molecule has 0 radical (unpaired) electrons. The molecule has 7 heteroatoms. The molecule has 0 unspecified atom stereocenters. The van der Waals surface area contributed by atoms with Crippen LogP contribution in [0, 0.1) is 21.3 Å². The first kappa shape index (κ1) is 12.6. The number of hydrogen-bond acceptors (Lipinski definition) is 5. The molecule has 11 heavy (non-hydrogen) atoms. The van der Waals surface area contributed by atoms with E-state index in [0.29, 0.717) is 5.08 Å². The maximum atomic E-state index is 8.78. The molecule has 0 aromatic heterocycles. The molecule has 1 amide bonds. The van der Waals surface area contributed by atoms with Gasteiger partial charge < -0.3 is 10.8 Å². The van der Waals surface area contributed by atoms with E-state index in [1.165, 1.54) is 0 Å². The van der Waals surface area contributed by atoms with Gasteiger partial charge in [-0.15, -0.1) is 0 Å². The third-order valence-electron chi connectivity index (χ3n) is 0.247. The highest BCUT2D eigenvalue weighted by atomic mass is 32.2. The Morgan fingerprint density at radius 3 is 1.91 bits per heavy atom. The molecular formula is C4H5N3O2S2. The fourth-order valence-electron chi connectivity index (χ4n) is 0.0822. The van der Waals surface area contributed by atoms with E-state index in [-0.39, 0.29) is 0 Å². The molecule has 0 heterocycles. The Kier molecular flexibility index (Phi) is 13.4. The summed E-state index contributed by atoms with van der Waals surface area (Å²) in [5.41, 5.74) is 4.03. The summed E-state index contributed by atoms with van der Waals surface area (Å²) in [6.07, 6.45) is -1.33. The average Bonchev–Trinajstić information content (AvgIpc) is 1.88. The molecule has 0 bridgehead atoms. The van der Waals surface area contributed by atoms with Crippen molar-refractivity contribution in [1.29, 1.82) is 10.5 Å². The number of thioether (sulfide) groups is 2. The number of nitriles is 2. The normalized spacial score (nSPS) is 6.36. The molecule has 0 aromatic carbocycles. The Labute approximate surface area is 72.2 Å². The second kappa shape index (κ2) is 11.7. The zero-order chi connectivity index (χ0) is 9.11. The van der Waals surface area contributed by atoms with E-state index in [4.69, 9.17) is 20.4 Å². The van der Waals surface area contributed by atoms with E-state index < -0.39 is 6.09 Å². The van der Waals surface area contributed by atoms with Crippen LogP contribution in [0.4, 0.5) is 4.79 Å². The van der Waals surface area contributed by atoms with Crippen LogP contribution >= 0.6 is 23.5 Å². The number of primary amides is 1. The summed E-state index contributed by atoms with van der Waals surface area (Å²) in [6, 6.07) is 0. The molecule has 0 spiro atoms. The van der Waals surface area contributed by atoms with Gasteiger partial charge in [-0.2, -0.15) is 10.5 Å². The van der Waals surface area contributed by atoms with Crippen molar-refractivity contribution in [2.24, 2.45) is 5.73 Å². The highest BCUT2D eigenvalue weighted by Gasteiger charge is 1.80. The molecule has 0 saturated carbocycles. The Bertz CT molecular complexity index is 165. The standard InChI is InChI=1S/C3H2N2S2.CH3NO2/c4-1-6-3-7-2-5;2-1(3)4/h3H2;2H2,(H,3,4). The van der Waals surface area contributed by atoms with Crippen LogP contribution in [0.5, 0.6) is 0 Å². The Morgan fingerprint density at radius 2 is 1.73 bits per heavy atom. The second-order valence-electron chi connectivity index (χ2n) is 0.927. The van der Waals surface area contributed by atoms with Gasteiger partial charge in [-0.25, -0.2) is 4.79 Å². The second-order valence-corrected chi connectivity index (χ2v) is 2.81. The largest absolute Gasteiger partial charge is 0.465 e. The predicted octanol–water partition coefficient (Wildman–Crippen LogP) is 0.996. The number of thiocyanates is 2. The van der Waals surface area contributed by atoms with Gasteiger partial charge in [0.25, 0.3) is 0 Å². The van der Waals surface area contributed by atoms with Gasteiger partial charge >= 0.3 is 6.09 Å². The van der Waals surface area contributed by atoms with Crippen molar-refractivity contribution >= 4 is 29.6 Å². The van der Waals surface area contributed by atoms with E-state index in [1.54, 1.807) is 0 Å². The topological polar surface area (TPSA) is 111 Å². The lowest BCUT2D eigenvalue weighted by Crippen LogP contribution is -2.03. The Hall–Kier alpha value is -1.05. The monoisotopic (exact) mass is 191 g/mol. The van der Waals surface area contributed by atoms with Crippen LogP contribution in [0.1, 0.15) is 0 Å². The van der Waals surface area contributed by atoms with Crippen molar-refractivity contribution < 1.29 is 9.90 Å². The first-order valence-corrected chi connectivity index (χ1v) is 4.12. The molecule has 0 aliphatic heterocycles. The zero-order valence-electron chi connectivity index (χ0n) is 5.35. The number of nitrogens with zero attached hydrogens (tertiary/aromatic N) is 2. The van der Waals surface area contributed by atoms with E-state index >= 15 is 0 Å². The molecule has 0 fully saturated rings. The lowest BCUT2D eigenvalue weighted by Gasteiger charge is -1.74. The van der Waals surface area contributed by atoms with Gasteiger partial charge in [-0.05, 0) is 23.5 Å². The molecule has 0 rings (SSSR count). The van der Waals surface area contributed by atoms with Gasteiger partial charge in [0.1, 0.15) is 10.8 Å². The lowest BCUT2D eigenvalue weighted by molar-refractivity contribution is 0.205. The quantitative estimate of drug-likeness (QED) is 0.382. The minimum atomic E-state index is -1.33. The van der Waals surface area contributed by atoms with Gasteiger partial charge in [0.15, 0.2) is 0 Å². The number of hydrogen-bond donors (Lipinski definition) is 2. The highest BCUT2D eigenvalue weighted by Crippen LogP contribution is 2.06. The molecule has 0 saturated heterocycles. The van der Waals surface area contributed by atoms with Crippen molar-refractivity contribution in [1.82, 2.24) is 0 Å². The van der Waals surface area contributed by atoms with Gasteiger partial charge in [0.05, 0.1) is 5.08 Å². The molecule has 0 aliphatic rings. The maximum absolute atomic E-state index is 8.78. The van der Waals surface area contributed by atoms with Crippen molar-refractivity contribution in [3.63, 3.8) is 0 Å². The van der Waals surface area contributed by atoms with Crippen molar-refractivity contribution in [2.45, 2.75) is 0 Å². The molecule has 3 N–H and O–H groups in total. The van der Waals surface area contributed by atoms with Crippen LogP contribution in [0.25, 0.3) is 0 Å². The predicted molar refractivity (Wildman–Crippen MR) is 43.5 cm³/mol. The van der Waals surface area contributed by atoms with Crippen molar-refractivity contribution in [3.8, 4) is 10.8 Å². The van der Waals surface area contributed by atoms with Gasteiger partial charge in [-0.3, -0.25) is 0 Å². The molecular weight excluding hydrogens is 186 g/mol. The van der Waals surface area contributed by atoms with Crippen LogP contribution in [-0.4, -0.2) is 16.3 Å². The van der Waals surface area contributed by atoms with Crippen LogP contribution in [0.3, 0.4) is 0 Å². The fourth-order valence-corrected chi connectivity index (χ4v) is 0.740. The number of nitrogens with two attached hydrogens (primary N) is 1. The fraction of sp³-hybridized carbons (Fsp3) is 0.250. The molecule has 5 nitrogen and oxygen atoms in total. The Balaban J connectivity index is 0. The van der Waals surface area contributed by atoms with Crippen LogP contribution < -0.4 is 5.73 Å². The minimum Gasteiger partial charge on any atom is -0.465 e. The summed E-state index contributed by atoms with van der Waals surface area (Å²) in [6.45, 7) is 0.